The van der Waals surface area contributed by atoms with Crippen LogP contribution in [0.3, 0.4) is 0 Å². The van der Waals surface area contributed by atoms with Crippen LogP contribution in [0.15, 0.2) is 41.5 Å². The number of hydrogen-bond acceptors (Lipinski definition) is 7. The maximum absolute atomic E-state index is 13.1. The molecule has 1 fully saturated rings. The normalized spacial score (nSPS) is 24.9. The van der Waals surface area contributed by atoms with Crippen molar-refractivity contribution in [3.05, 3.63) is 58.3 Å². The average Bonchev–Trinajstić information content (AvgIpc) is 3.19. The maximum Gasteiger partial charge on any atom is 0.279 e. The predicted octanol–water partition coefficient (Wildman–Crippen LogP) is -0.244. The van der Waals surface area contributed by atoms with Crippen molar-refractivity contribution in [2.24, 2.45) is 0 Å². The molecule has 0 saturated carbocycles. The minimum absolute atomic E-state index is 0.197. The summed E-state index contributed by atoms with van der Waals surface area (Å²) in [4.78, 5) is 17.5. The summed E-state index contributed by atoms with van der Waals surface area (Å²) in [6, 6.07) is 9.81. The van der Waals surface area contributed by atoms with E-state index in [0.29, 0.717) is 24.2 Å². The molecule has 1 saturated heterocycles. The number of aliphatic hydroxyl groups is 3. The minimum Gasteiger partial charge on any atom is -0.394 e. The molecule has 0 radical (unpaired) electrons. The Morgan fingerprint density at radius 2 is 1.93 bits per heavy atom. The first-order valence-electron chi connectivity index (χ1n) is 9.12. The second-order valence-corrected chi connectivity index (χ2v) is 6.93. The fourth-order valence-corrected chi connectivity index (χ4v) is 3.53. The Bertz CT molecular complexity index is 1030. The van der Waals surface area contributed by atoms with E-state index in [1.54, 1.807) is 6.92 Å². The van der Waals surface area contributed by atoms with Gasteiger partial charge in [-0.25, -0.2) is 9.67 Å². The van der Waals surface area contributed by atoms with Crippen molar-refractivity contribution in [1.82, 2.24) is 19.3 Å². The number of rotatable bonds is 5. The van der Waals surface area contributed by atoms with Gasteiger partial charge in [-0.05, 0) is 18.9 Å². The molecule has 9 heteroatoms. The van der Waals surface area contributed by atoms with Gasteiger partial charge in [-0.1, -0.05) is 30.3 Å². The Labute approximate surface area is 160 Å². The lowest BCUT2D eigenvalue weighted by atomic mass is 10.1. The van der Waals surface area contributed by atoms with Gasteiger partial charge in [-0.3, -0.25) is 9.36 Å². The fraction of sp³-hybridized carbons (Fsp3) is 0.421. The van der Waals surface area contributed by atoms with E-state index in [0.717, 1.165) is 5.56 Å². The zero-order valence-corrected chi connectivity index (χ0v) is 15.3. The predicted molar refractivity (Wildman–Crippen MR) is 99.7 cm³/mol. The van der Waals surface area contributed by atoms with Gasteiger partial charge in [-0.2, -0.15) is 5.10 Å². The number of nitrogens with zero attached hydrogens (tertiary/aromatic N) is 4. The zero-order valence-electron chi connectivity index (χ0n) is 15.3. The number of ether oxygens (including phenoxy) is 1. The van der Waals surface area contributed by atoms with E-state index in [4.69, 9.17) is 4.74 Å². The van der Waals surface area contributed by atoms with Crippen LogP contribution in [0.2, 0.25) is 0 Å². The number of benzene rings is 1. The minimum atomic E-state index is -1.32. The first kappa shape index (κ1) is 18.8. The highest BCUT2D eigenvalue weighted by Crippen LogP contribution is 2.31. The van der Waals surface area contributed by atoms with Crippen molar-refractivity contribution in [3.63, 3.8) is 0 Å². The molecule has 1 aromatic carbocycles. The molecule has 3 heterocycles. The van der Waals surface area contributed by atoms with Gasteiger partial charge < -0.3 is 20.1 Å². The quantitative estimate of drug-likeness (QED) is 0.553. The first-order valence-corrected chi connectivity index (χ1v) is 9.12. The SMILES string of the molecule is Cc1nn(C2O[C@H](CO)[C@@H](O)[C@H]2O)c2c(=O)n(CCc3ccccc3)cnc12. The number of fused-ring (bicyclic) bond motifs is 1. The molecule has 3 aromatic rings. The molecule has 4 rings (SSSR count). The van der Waals surface area contributed by atoms with Crippen LogP contribution in [0.4, 0.5) is 0 Å². The van der Waals surface area contributed by atoms with Crippen LogP contribution in [-0.4, -0.2) is 59.6 Å². The summed E-state index contributed by atoms with van der Waals surface area (Å²) in [5, 5.41) is 34.0. The molecule has 0 spiro atoms. The molecule has 148 valence electrons. The van der Waals surface area contributed by atoms with Crippen molar-refractivity contribution in [2.45, 2.75) is 44.4 Å². The average molecular weight is 386 g/mol. The Balaban J connectivity index is 1.71. The summed E-state index contributed by atoms with van der Waals surface area (Å²) in [6.07, 6.45) is -2.47. The van der Waals surface area contributed by atoms with Gasteiger partial charge in [0.1, 0.15) is 23.8 Å². The molecule has 0 amide bonds. The molecular formula is C19H22N4O5. The van der Waals surface area contributed by atoms with Gasteiger partial charge in [0.15, 0.2) is 11.7 Å². The highest BCUT2D eigenvalue weighted by Gasteiger charge is 2.44. The number of hydrogen-bond donors (Lipinski definition) is 3. The van der Waals surface area contributed by atoms with Gasteiger partial charge in [0.25, 0.3) is 5.56 Å². The lowest BCUT2D eigenvalue weighted by Gasteiger charge is -2.16. The van der Waals surface area contributed by atoms with Crippen LogP contribution in [0.5, 0.6) is 0 Å². The topological polar surface area (TPSA) is 123 Å². The highest BCUT2D eigenvalue weighted by atomic mass is 16.6. The van der Waals surface area contributed by atoms with E-state index in [9.17, 15) is 20.1 Å². The Hall–Kier alpha value is -2.59. The van der Waals surface area contributed by atoms with Crippen LogP contribution in [0.25, 0.3) is 11.0 Å². The molecule has 0 bridgehead atoms. The van der Waals surface area contributed by atoms with Crippen LogP contribution >= 0.6 is 0 Å². The standard InChI is InChI=1S/C19H22N4O5/c1-11-14-15(23(21-11)19-17(26)16(25)13(9-24)28-19)18(27)22(10-20-14)8-7-12-5-3-2-4-6-12/h2-6,10,13,16-17,19,24-26H,7-9H2,1H3/t13-,16-,17-,19?/m1/s1. The van der Waals surface area contributed by atoms with Crippen molar-refractivity contribution in [3.8, 4) is 0 Å². The van der Waals surface area contributed by atoms with Crippen LogP contribution < -0.4 is 5.56 Å². The Morgan fingerprint density at radius 1 is 1.18 bits per heavy atom. The Morgan fingerprint density at radius 3 is 2.61 bits per heavy atom. The van der Waals surface area contributed by atoms with E-state index in [2.05, 4.69) is 10.1 Å². The van der Waals surface area contributed by atoms with Crippen LogP contribution in [0, 0.1) is 6.92 Å². The molecule has 1 aliphatic rings. The Kier molecular flexibility index (Phi) is 4.98. The van der Waals surface area contributed by atoms with Crippen molar-refractivity contribution in [1.29, 1.82) is 0 Å². The van der Waals surface area contributed by atoms with E-state index in [1.807, 2.05) is 30.3 Å². The largest absolute Gasteiger partial charge is 0.394 e. The van der Waals surface area contributed by atoms with Crippen LogP contribution in [0.1, 0.15) is 17.5 Å². The van der Waals surface area contributed by atoms with Crippen molar-refractivity contribution in [2.75, 3.05) is 6.61 Å². The maximum atomic E-state index is 13.1. The van der Waals surface area contributed by atoms with E-state index in [-0.39, 0.29) is 11.1 Å². The third kappa shape index (κ3) is 3.12. The molecule has 0 aliphatic carbocycles. The summed E-state index contributed by atoms with van der Waals surface area (Å²) < 4.78 is 8.30. The van der Waals surface area contributed by atoms with E-state index >= 15 is 0 Å². The number of aryl methyl sites for hydroxylation is 3. The van der Waals surface area contributed by atoms with Crippen molar-refractivity contribution < 1.29 is 20.1 Å². The van der Waals surface area contributed by atoms with Gasteiger partial charge in [0.05, 0.1) is 18.6 Å². The number of aliphatic hydroxyl groups excluding tert-OH is 3. The summed E-state index contributed by atoms with van der Waals surface area (Å²) in [5.41, 5.74) is 1.92. The van der Waals surface area contributed by atoms with Crippen molar-refractivity contribution >= 4 is 11.0 Å². The third-order valence-electron chi connectivity index (χ3n) is 5.09. The summed E-state index contributed by atoms with van der Waals surface area (Å²) >= 11 is 0. The van der Waals surface area contributed by atoms with Gasteiger partial charge >= 0.3 is 0 Å². The molecule has 28 heavy (non-hydrogen) atoms. The molecular weight excluding hydrogens is 364 g/mol. The van der Waals surface area contributed by atoms with Gasteiger partial charge in [0.2, 0.25) is 0 Å². The second-order valence-electron chi connectivity index (χ2n) is 6.93. The van der Waals surface area contributed by atoms with Gasteiger partial charge in [-0.15, -0.1) is 0 Å². The van der Waals surface area contributed by atoms with Gasteiger partial charge in [0, 0.05) is 6.54 Å². The monoisotopic (exact) mass is 386 g/mol. The number of aromatic nitrogens is 4. The molecule has 3 N–H and O–H groups in total. The summed E-state index contributed by atoms with van der Waals surface area (Å²) in [6.45, 7) is 1.69. The smallest absolute Gasteiger partial charge is 0.279 e. The molecule has 1 unspecified atom stereocenters. The fourth-order valence-electron chi connectivity index (χ4n) is 3.53. The van der Waals surface area contributed by atoms with E-state index in [1.165, 1.54) is 15.6 Å². The molecule has 1 aliphatic heterocycles. The molecule has 4 atom stereocenters. The zero-order chi connectivity index (χ0) is 19.8. The molecule has 9 nitrogen and oxygen atoms in total. The summed E-state index contributed by atoms with van der Waals surface area (Å²) in [5.74, 6) is 0. The highest BCUT2D eigenvalue weighted by molar-refractivity contribution is 5.76. The van der Waals surface area contributed by atoms with Crippen LogP contribution in [-0.2, 0) is 17.7 Å². The molecule has 2 aromatic heterocycles. The second kappa shape index (κ2) is 7.44. The first-order chi connectivity index (χ1) is 13.5. The lowest BCUT2D eigenvalue weighted by molar-refractivity contribution is -0.0566. The summed E-state index contributed by atoms with van der Waals surface area (Å²) in [7, 11) is 0. The third-order valence-corrected chi connectivity index (χ3v) is 5.09. The van der Waals surface area contributed by atoms with E-state index < -0.39 is 31.1 Å². The lowest BCUT2D eigenvalue weighted by Crippen LogP contribution is -2.34.